The normalized spacial score (nSPS) is 23.1. The zero-order valence-electron chi connectivity index (χ0n) is 12.1. The van der Waals surface area contributed by atoms with Gasteiger partial charge in [-0.25, -0.2) is 0 Å². The molecule has 0 spiro atoms. The molecule has 2 heteroatoms. The summed E-state index contributed by atoms with van der Waals surface area (Å²) in [6.45, 7) is 6.72. The van der Waals surface area contributed by atoms with E-state index in [0.29, 0.717) is 0 Å². The molecule has 0 radical (unpaired) electrons. The average Bonchev–Trinajstić information content (AvgIpc) is 2.86. The van der Waals surface area contributed by atoms with Crippen molar-refractivity contribution in [2.45, 2.75) is 58.0 Å². The van der Waals surface area contributed by atoms with Gasteiger partial charge < -0.3 is 4.74 Å². The molecule has 19 heavy (non-hydrogen) atoms. The van der Waals surface area contributed by atoms with Crippen molar-refractivity contribution in [2.24, 2.45) is 5.92 Å². The van der Waals surface area contributed by atoms with E-state index in [1.165, 1.54) is 5.56 Å². The molecule has 0 amide bonds. The third-order valence-electron chi connectivity index (χ3n) is 4.43. The van der Waals surface area contributed by atoms with Gasteiger partial charge in [0.2, 0.25) is 0 Å². The molecule has 0 bridgehead atoms. The third kappa shape index (κ3) is 3.10. The van der Waals surface area contributed by atoms with Crippen LogP contribution in [0.2, 0.25) is 0 Å². The Morgan fingerprint density at radius 2 is 1.95 bits per heavy atom. The second kappa shape index (κ2) is 5.65. The third-order valence-corrected chi connectivity index (χ3v) is 4.43. The van der Waals surface area contributed by atoms with Gasteiger partial charge in [0, 0.05) is 0 Å². The highest BCUT2D eigenvalue weighted by Gasteiger charge is 2.29. The van der Waals surface area contributed by atoms with Crippen LogP contribution in [0.1, 0.15) is 52.0 Å². The highest BCUT2D eigenvalue weighted by molar-refractivity contribution is 5.31. The van der Waals surface area contributed by atoms with Crippen molar-refractivity contribution in [1.29, 1.82) is 5.26 Å². The van der Waals surface area contributed by atoms with Crippen LogP contribution in [-0.2, 0) is 5.41 Å². The second-order valence-corrected chi connectivity index (χ2v) is 6.08. The van der Waals surface area contributed by atoms with Crippen molar-refractivity contribution in [2.75, 3.05) is 0 Å². The fraction of sp³-hybridized carbons (Fsp3) is 0.588. The van der Waals surface area contributed by atoms with Crippen molar-refractivity contribution in [3.63, 3.8) is 0 Å². The van der Waals surface area contributed by atoms with E-state index in [1.807, 2.05) is 12.1 Å². The molecule has 2 nitrogen and oxygen atoms in total. The minimum Gasteiger partial charge on any atom is -0.489 e. The van der Waals surface area contributed by atoms with Crippen molar-refractivity contribution in [1.82, 2.24) is 0 Å². The molecule has 0 aliphatic heterocycles. The van der Waals surface area contributed by atoms with Gasteiger partial charge in [-0.3, -0.25) is 0 Å². The number of nitriles is 1. The summed E-state index contributed by atoms with van der Waals surface area (Å²) in [5, 5.41) is 9.07. The summed E-state index contributed by atoms with van der Waals surface area (Å²) >= 11 is 0. The monoisotopic (exact) mass is 257 g/mol. The Labute approximate surface area is 116 Å². The Kier molecular flexibility index (Phi) is 4.14. The van der Waals surface area contributed by atoms with Crippen LogP contribution in [0.3, 0.4) is 0 Å². The predicted octanol–water partition coefficient (Wildman–Crippen LogP) is 4.45. The number of nitrogens with zero attached hydrogens (tertiary/aromatic N) is 1. The van der Waals surface area contributed by atoms with Crippen LogP contribution in [-0.4, -0.2) is 6.10 Å². The molecular weight excluding hydrogens is 234 g/mol. The van der Waals surface area contributed by atoms with Gasteiger partial charge in [-0.1, -0.05) is 32.9 Å². The molecule has 2 atom stereocenters. The fourth-order valence-electron chi connectivity index (χ4n) is 2.58. The molecule has 1 aromatic rings. The SMILES string of the molecule is CCC(C)(C)c1ccc(OC2CCCC2C#N)cc1. The van der Waals surface area contributed by atoms with Crippen LogP contribution < -0.4 is 4.74 Å². The molecule has 0 heterocycles. The molecule has 1 aliphatic rings. The van der Waals surface area contributed by atoms with E-state index in [0.717, 1.165) is 31.4 Å². The Hall–Kier alpha value is -1.49. The first-order chi connectivity index (χ1) is 9.06. The smallest absolute Gasteiger partial charge is 0.119 e. The Bertz CT molecular complexity index is 455. The van der Waals surface area contributed by atoms with E-state index in [4.69, 9.17) is 10.00 Å². The zero-order chi connectivity index (χ0) is 13.9. The quantitative estimate of drug-likeness (QED) is 0.798. The largest absolute Gasteiger partial charge is 0.489 e. The number of hydrogen-bond donors (Lipinski definition) is 0. The van der Waals surface area contributed by atoms with Crippen LogP contribution in [0, 0.1) is 17.2 Å². The summed E-state index contributed by atoms with van der Waals surface area (Å²) < 4.78 is 5.96. The molecule has 1 aliphatic carbocycles. The van der Waals surface area contributed by atoms with Crippen LogP contribution in [0.15, 0.2) is 24.3 Å². The fourth-order valence-corrected chi connectivity index (χ4v) is 2.58. The first-order valence-corrected chi connectivity index (χ1v) is 7.23. The maximum absolute atomic E-state index is 9.07. The second-order valence-electron chi connectivity index (χ2n) is 6.08. The molecular formula is C17H23NO. The summed E-state index contributed by atoms with van der Waals surface area (Å²) in [6.07, 6.45) is 4.27. The van der Waals surface area contributed by atoms with Crippen LogP contribution >= 0.6 is 0 Å². The first-order valence-electron chi connectivity index (χ1n) is 7.23. The summed E-state index contributed by atoms with van der Waals surface area (Å²) in [5.41, 5.74) is 1.55. The first kappa shape index (κ1) is 13.9. The van der Waals surface area contributed by atoms with Crippen LogP contribution in [0.5, 0.6) is 5.75 Å². The molecule has 102 valence electrons. The minimum absolute atomic E-state index is 0.0618. The molecule has 2 unspecified atom stereocenters. The highest BCUT2D eigenvalue weighted by atomic mass is 16.5. The molecule has 0 saturated heterocycles. The number of ether oxygens (including phenoxy) is 1. The topological polar surface area (TPSA) is 33.0 Å². The summed E-state index contributed by atoms with van der Waals surface area (Å²) in [7, 11) is 0. The maximum Gasteiger partial charge on any atom is 0.119 e. The van der Waals surface area contributed by atoms with Gasteiger partial charge in [-0.2, -0.15) is 5.26 Å². The van der Waals surface area contributed by atoms with Crippen molar-refractivity contribution in [3.8, 4) is 11.8 Å². The lowest BCUT2D eigenvalue weighted by molar-refractivity contribution is 0.182. The van der Waals surface area contributed by atoms with E-state index in [9.17, 15) is 0 Å². The molecule has 1 aromatic carbocycles. The summed E-state index contributed by atoms with van der Waals surface area (Å²) in [4.78, 5) is 0. The summed E-state index contributed by atoms with van der Waals surface area (Å²) in [5.74, 6) is 0.953. The van der Waals surface area contributed by atoms with E-state index < -0.39 is 0 Å². The molecule has 0 N–H and O–H groups in total. The van der Waals surface area contributed by atoms with Gasteiger partial charge in [0.05, 0.1) is 12.0 Å². The van der Waals surface area contributed by atoms with Gasteiger partial charge in [0.25, 0.3) is 0 Å². The predicted molar refractivity (Wildman–Crippen MR) is 77.1 cm³/mol. The van der Waals surface area contributed by atoms with E-state index >= 15 is 0 Å². The minimum atomic E-state index is 0.0618. The van der Waals surface area contributed by atoms with Gasteiger partial charge >= 0.3 is 0 Å². The number of rotatable bonds is 4. The van der Waals surface area contributed by atoms with Crippen LogP contribution in [0.4, 0.5) is 0 Å². The van der Waals surface area contributed by atoms with Crippen molar-refractivity contribution >= 4 is 0 Å². The molecule has 0 aromatic heterocycles. The standard InChI is InChI=1S/C17H23NO/c1-4-17(2,3)14-8-10-15(11-9-14)19-16-7-5-6-13(16)12-18/h8-11,13,16H,4-7H2,1-3H3. The van der Waals surface area contributed by atoms with Gasteiger partial charge in [-0.05, 0) is 48.8 Å². The molecule has 1 fully saturated rings. The lowest BCUT2D eigenvalue weighted by Crippen LogP contribution is -2.20. The molecule has 1 saturated carbocycles. The zero-order valence-corrected chi connectivity index (χ0v) is 12.1. The number of benzene rings is 1. The summed E-state index contributed by atoms with van der Waals surface area (Å²) in [6, 6.07) is 10.7. The van der Waals surface area contributed by atoms with Crippen molar-refractivity contribution in [3.05, 3.63) is 29.8 Å². The van der Waals surface area contributed by atoms with Gasteiger partial charge in [-0.15, -0.1) is 0 Å². The Balaban J connectivity index is 2.05. The van der Waals surface area contributed by atoms with E-state index in [-0.39, 0.29) is 17.4 Å². The van der Waals surface area contributed by atoms with Gasteiger partial charge in [0.1, 0.15) is 11.9 Å². The average molecular weight is 257 g/mol. The Morgan fingerprint density at radius 1 is 1.26 bits per heavy atom. The van der Waals surface area contributed by atoms with Crippen LogP contribution in [0.25, 0.3) is 0 Å². The van der Waals surface area contributed by atoms with Crippen molar-refractivity contribution < 1.29 is 4.74 Å². The Morgan fingerprint density at radius 3 is 2.53 bits per heavy atom. The lowest BCUT2D eigenvalue weighted by atomic mass is 9.82. The van der Waals surface area contributed by atoms with E-state index in [1.54, 1.807) is 0 Å². The number of hydrogen-bond acceptors (Lipinski definition) is 2. The highest BCUT2D eigenvalue weighted by Crippen LogP contribution is 2.31. The molecule has 2 rings (SSSR count). The lowest BCUT2D eigenvalue weighted by Gasteiger charge is -2.24. The van der Waals surface area contributed by atoms with E-state index in [2.05, 4.69) is 39.0 Å². The maximum atomic E-state index is 9.07. The van der Waals surface area contributed by atoms with Gasteiger partial charge in [0.15, 0.2) is 0 Å².